The topological polar surface area (TPSA) is 38.5 Å². The molecule has 118 valence electrons. The predicted molar refractivity (Wildman–Crippen MR) is 91.6 cm³/mol. The Morgan fingerprint density at radius 1 is 1.09 bits per heavy atom. The Bertz CT molecular complexity index is 782. The second-order valence-electron chi connectivity index (χ2n) is 5.43. The van der Waals surface area contributed by atoms with Gasteiger partial charge in [-0.05, 0) is 50.5 Å². The summed E-state index contributed by atoms with van der Waals surface area (Å²) < 4.78 is 11.3. The summed E-state index contributed by atoms with van der Waals surface area (Å²) in [4.78, 5) is 1.96. The number of halogens is 1. The van der Waals surface area contributed by atoms with E-state index in [2.05, 4.69) is 5.16 Å². The molecule has 0 aliphatic carbocycles. The Hall–Kier alpha value is -2.30. The number of hydrogen-bond acceptors (Lipinski definition) is 4. The molecule has 0 N–H and O–H groups in total. The summed E-state index contributed by atoms with van der Waals surface area (Å²) >= 11 is 5.91. The minimum absolute atomic E-state index is 0.499. The lowest BCUT2D eigenvalue weighted by atomic mass is 10.1. The Morgan fingerprint density at radius 3 is 2.57 bits per heavy atom. The van der Waals surface area contributed by atoms with Gasteiger partial charge in [0.2, 0.25) is 0 Å². The summed E-state index contributed by atoms with van der Waals surface area (Å²) in [6.07, 6.45) is 0. The average Bonchev–Trinajstić information content (AvgIpc) is 3.03. The maximum Gasteiger partial charge on any atom is 0.167 e. The van der Waals surface area contributed by atoms with E-state index in [9.17, 15) is 0 Å². The van der Waals surface area contributed by atoms with Crippen LogP contribution in [0, 0.1) is 0 Å². The highest BCUT2D eigenvalue weighted by Gasteiger charge is 2.13. The molecule has 0 bridgehead atoms. The second-order valence-corrected chi connectivity index (χ2v) is 5.87. The van der Waals surface area contributed by atoms with Gasteiger partial charge in [0, 0.05) is 22.2 Å². The number of ether oxygens (including phenoxy) is 1. The third-order valence-corrected chi connectivity index (χ3v) is 3.53. The van der Waals surface area contributed by atoms with E-state index in [1.165, 1.54) is 0 Å². The van der Waals surface area contributed by atoms with Gasteiger partial charge in [-0.2, -0.15) is 0 Å². The quantitative estimate of drug-likeness (QED) is 0.643. The van der Waals surface area contributed by atoms with E-state index in [-0.39, 0.29) is 0 Å². The van der Waals surface area contributed by atoms with Crippen LogP contribution in [0.15, 0.2) is 59.1 Å². The summed E-state index contributed by atoms with van der Waals surface area (Å²) in [7, 11) is 3.91. The number of nitrogens with zero attached hydrogens (tertiary/aromatic N) is 2. The Morgan fingerprint density at radius 2 is 1.83 bits per heavy atom. The summed E-state index contributed by atoms with van der Waals surface area (Å²) in [5.41, 5.74) is 2.57. The lowest BCUT2D eigenvalue weighted by Crippen LogP contribution is -2.18. The maximum atomic E-state index is 5.91. The third kappa shape index (κ3) is 3.73. The van der Waals surface area contributed by atoms with Gasteiger partial charge in [0.15, 0.2) is 5.76 Å². The molecule has 0 unspecified atom stereocenters. The molecular formula is C18H17ClN2O2. The van der Waals surface area contributed by atoms with E-state index < -0.39 is 0 Å². The van der Waals surface area contributed by atoms with Crippen molar-refractivity contribution >= 4 is 11.6 Å². The summed E-state index contributed by atoms with van der Waals surface area (Å²) in [5, 5.41) is 4.86. The maximum absolute atomic E-state index is 5.91. The van der Waals surface area contributed by atoms with Crippen molar-refractivity contribution in [2.75, 3.05) is 20.8 Å². The summed E-state index contributed by atoms with van der Waals surface area (Å²) in [6, 6.07) is 17.1. The minimum atomic E-state index is 0.499. The molecule has 1 heterocycles. The van der Waals surface area contributed by atoms with Crippen molar-refractivity contribution in [3.63, 3.8) is 0 Å². The van der Waals surface area contributed by atoms with Gasteiger partial charge in [0.25, 0.3) is 0 Å². The molecular weight excluding hydrogens is 312 g/mol. The Balaban J connectivity index is 1.90. The van der Waals surface area contributed by atoms with Gasteiger partial charge in [-0.3, -0.25) is 4.90 Å². The van der Waals surface area contributed by atoms with Crippen LogP contribution in [-0.4, -0.2) is 30.9 Å². The number of benzene rings is 2. The van der Waals surface area contributed by atoms with Crippen LogP contribution in [0.5, 0.6) is 5.75 Å². The van der Waals surface area contributed by atoms with Crippen LogP contribution in [0.1, 0.15) is 0 Å². The molecule has 3 aromatic rings. The molecule has 0 fully saturated rings. The van der Waals surface area contributed by atoms with E-state index in [0.29, 0.717) is 17.5 Å². The van der Waals surface area contributed by atoms with Crippen molar-refractivity contribution < 1.29 is 9.26 Å². The molecule has 5 heteroatoms. The fourth-order valence-corrected chi connectivity index (χ4v) is 2.28. The third-order valence-electron chi connectivity index (χ3n) is 3.28. The van der Waals surface area contributed by atoms with Crippen LogP contribution in [0.3, 0.4) is 0 Å². The first kappa shape index (κ1) is 15.6. The summed E-state index contributed by atoms with van der Waals surface area (Å²) in [6.45, 7) is 0.499. The van der Waals surface area contributed by atoms with Crippen LogP contribution in [-0.2, 0) is 0 Å². The number of hydrogen-bond donors (Lipinski definition) is 0. The molecule has 0 saturated heterocycles. The lowest BCUT2D eigenvalue weighted by molar-refractivity contribution is 0.180. The zero-order valence-corrected chi connectivity index (χ0v) is 13.7. The number of rotatable bonds is 5. The van der Waals surface area contributed by atoms with Crippen molar-refractivity contribution in [3.05, 3.63) is 59.6 Å². The monoisotopic (exact) mass is 328 g/mol. The first-order valence-corrected chi connectivity index (χ1v) is 7.61. The number of para-hydroxylation sites is 1. The van der Waals surface area contributed by atoms with Gasteiger partial charge >= 0.3 is 0 Å². The van der Waals surface area contributed by atoms with Gasteiger partial charge in [0.1, 0.15) is 18.2 Å². The Kier molecular flexibility index (Phi) is 4.65. The average molecular weight is 329 g/mol. The van der Waals surface area contributed by atoms with Gasteiger partial charge in [-0.1, -0.05) is 28.9 Å². The van der Waals surface area contributed by atoms with Crippen molar-refractivity contribution in [1.29, 1.82) is 0 Å². The molecule has 0 aliphatic heterocycles. The first-order chi connectivity index (χ1) is 11.1. The predicted octanol–water partition coefficient (Wildman–Crippen LogP) is 4.56. The highest BCUT2D eigenvalue weighted by atomic mass is 35.5. The van der Waals surface area contributed by atoms with E-state index in [1.54, 1.807) is 0 Å². The fourth-order valence-electron chi connectivity index (χ4n) is 2.16. The van der Waals surface area contributed by atoms with Crippen molar-refractivity contribution in [2.45, 2.75) is 0 Å². The van der Waals surface area contributed by atoms with Crippen molar-refractivity contribution in [2.24, 2.45) is 0 Å². The summed E-state index contributed by atoms with van der Waals surface area (Å²) in [5.74, 6) is 1.47. The Labute approximate surface area is 140 Å². The van der Waals surface area contributed by atoms with E-state index >= 15 is 0 Å². The van der Waals surface area contributed by atoms with Crippen molar-refractivity contribution in [1.82, 2.24) is 10.1 Å². The largest absolute Gasteiger partial charge is 0.477 e. The molecule has 23 heavy (non-hydrogen) atoms. The van der Waals surface area contributed by atoms with Gasteiger partial charge in [-0.25, -0.2) is 0 Å². The highest BCUT2D eigenvalue weighted by molar-refractivity contribution is 6.30. The molecule has 0 saturated carbocycles. The first-order valence-electron chi connectivity index (χ1n) is 7.23. The normalized spacial score (nSPS) is 11.0. The van der Waals surface area contributed by atoms with Gasteiger partial charge < -0.3 is 9.26 Å². The minimum Gasteiger partial charge on any atom is -0.477 e. The van der Waals surface area contributed by atoms with E-state index in [4.69, 9.17) is 20.9 Å². The van der Waals surface area contributed by atoms with Gasteiger partial charge in [0.05, 0.1) is 0 Å². The van der Waals surface area contributed by atoms with Crippen LogP contribution < -0.4 is 4.74 Å². The van der Waals surface area contributed by atoms with Gasteiger partial charge in [-0.15, -0.1) is 0 Å². The van der Waals surface area contributed by atoms with Crippen LogP contribution in [0.2, 0.25) is 5.02 Å². The zero-order chi connectivity index (χ0) is 16.2. The van der Waals surface area contributed by atoms with Crippen LogP contribution in [0.25, 0.3) is 22.6 Å². The van der Waals surface area contributed by atoms with Crippen molar-refractivity contribution in [3.8, 4) is 28.3 Å². The SMILES string of the molecule is CN(C)COc1ccccc1-c1cc(-c2ccc(Cl)cc2)on1. The standard InChI is InChI=1S/C18H17ClN2O2/c1-21(2)12-22-17-6-4-3-5-15(17)16-11-18(23-20-16)13-7-9-14(19)10-8-13/h3-11H,12H2,1-2H3. The molecule has 4 nitrogen and oxygen atoms in total. The lowest BCUT2D eigenvalue weighted by Gasteiger charge is -2.13. The number of aromatic nitrogens is 1. The zero-order valence-electron chi connectivity index (χ0n) is 13.0. The second kappa shape index (κ2) is 6.86. The molecule has 0 amide bonds. The van der Waals surface area contributed by atoms with Crippen LogP contribution >= 0.6 is 11.6 Å². The molecule has 3 rings (SSSR count). The highest BCUT2D eigenvalue weighted by Crippen LogP contribution is 2.32. The molecule has 0 atom stereocenters. The van der Waals surface area contributed by atoms with E-state index in [0.717, 1.165) is 22.6 Å². The molecule has 0 aliphatic rings. The smallest absolute Gasteiger partial charge is 0.167 e. The molecule has 0 radical (unpaired) electrons. The molecule has 0 spiro atoms. The molecule has 1 aromatic heterocycles. The molecule has 2 aromatic carbocycles. The van der Waals surface area contributed by atoms with Crippen LogP contribution in [0.4, 0.5) is 0 Å². The fraction of sp³-hybridized carbons (Fsp3) is 0.167. The van der Waals surface area contributed by atoms with E-state index in [1.807, 2.05) is 73.6 Å².